The van der Waals surface area contributed by atoms with Crippen LogP contribution in [0.3, 0.4) is 0 Å². The van der Waals surface area contributed by atoms with E-state index < -0.39 is 0 Å². The average molecular weight is 390 g/mol. The Morgan fingerprint density at radius 2 is 1.79 bits per heavy atom. The van der Waals surface area contributed by atoms with Gasteiger partial charge in [0.2, 0.25) is 5.91 Å². The van der Waals surface area contributed by atoms with Crippen LogP contribution in [0.4, 0.5) is 5.69 Å². The molecule has 2 aromatic heterocycles. The molecule has 4 aromatic rings. The lowest BCUT2D eigenvalue weighted by Crippen LogP contribution is -2.28. The monoisotopic (exact) mass is 390 g/mol. The van der Waals surface area contributed by atoms with Crippen LogP contribution in [0.5, 0.6) is 0 Å². The van der Waals surface area contributed by atoms with Crippen molar-refractivity contribution in [3.63, 3.8) is 0 Å². The van der Waals surface area contributed by atoms with Crippen molar-refractivity contribution in [1.29, 1.82) is 0 Å². The lowest BCUT2D eigenvalue weighted by atomic mass is 10.3. The van der Waals surface area contributed by atoms with Crippen LogP contribution in [0.15, 0.2) is 82.6 Å². The first-order chi connectivity index (χ1) is 13.7. The molecular weight excluding hydrogens is 372 g/mol. The van der Waals surface area contributed by atoms with Crippen LogP contribution in [0, 0.1) is 0 Å². The number of thioether (sulfide) groups is 1. The fourth-order valence-electron chi connectivity index (χ4n) is 3.07. The quantitative estimate of drug-likeness (QED) is 0.529. The highest BCUT2D eigenvalue weighted by atomic mass is 32.2. The van der Waals surface area contributed by atoms with E-state index in [1.807, 2.05) is 60.9 Å². The van der Waals surface area contributed by atoms with E-state index in [4.69, 9.17) is 0 Å². The summed E-state index contributed by atoms with van der Waals surface area (Å²) in [6, 6.07) is 20.4. The molecule has 0 fully saturated rings. The number of hydrogen-bond donors (Lipinski definition) is 1. The minimum atomic E-state index is -0.298. The second-order valence-corrected chi connectivity index (χ2v) is 7.04. The van der Waals surface area contributed by atoms with Crippen molar-refractivity contribution in [2.45, 2.75) is 11.4 Å². The predicted molar refractivity (Wildman–Crippen MR) is 112 cm³/mol. The first-order valence-corrected chi connectivity index (χ1v) is 9.95. The first kappa shape index (κ1) is 18.1. The number of nitrogens with one attached hydrogen (secondary N) is 1. The number of carbonyl (C=O) groups excluding carboxylic acids is 1. The minimum absolute atomic E-state index is 0.0921. The number of rotatable bonds is 5. The molecule has 4 rings (SSSR count). The van der Waals surface area contributed by atoms with Crippen molar-refractivity contribution >= 4 is 34.5 Å². The number of pyridine rings is 1. The molecule has 0 radical (unpaired) electrons. The summed E-state index contributed by atoms with van der Waals surface area (Å²) < 4.78 is 2.97. The van der Waals surface area contributed by atoms with Gasteiger partial charge in [0.1, 0.15) is 6.54 Å². The summed E-state index contributed by atoms with van der Waals surface area (Å²) in [5.74, 6) is -0.269. The van der Waals surface area contributed by atoms with Crippen LogP contribution in [-0.2, 0) is 11.3 Å². The third-order valence-electron chi connectivity index (χ3n) is 4.38. The van der Waals surface area contributed by atoms with Crippen molar-refractivity contribution in [1.82, 2.24) is 14.1 Å². The molecule has 0 bridgehead atoms. The van der Waals surface area contributed by atoms with Crippen molar-refractivity contribution in [3.05, 3.63) is 83.4 Å². The van der Waals surface area contributed by atoms with Crippen LogP contribution >= 0.6 is 11.8 Å². The van der Waals surface area contributed by atoms with Gasteiger partial charge in [0.25, 0.3) is 0 Å². The van der Waals surface area contributed by atoms with Gasteiger partial charge in [-0.15, -0.1) is 11.8 Å². The lowest BCUT2D eigenvalue weighted by Gasteiger charge is -2.07. The molecule has 0 unspecified atom stereocenters. The van der Waals surface area contributed by atoms with Gasteiger partial charge in [-0.05, 0) is 54.8 Å². The Labute approximate surface area is 165 Å². The topological polar surface area (TPSA) is 68.9 Å². The van der Waals surface area contributed by atoms with Gasteiger partial charge in [-0.3, -0.25) is 9.36 Å². The summed E-state index contributed by atoms with van der Waals surface area (Å²) in [6.45, 7) is -0.0921. The molecule has 2 aromatic carbocycles. The number of benzene rings is 2. The van der Waals surface area contributed by atoms with E-state index in [0.717, 1.165) is 4.90 Å². The molecular formula is C21H18N4O2S. The molecule has 0 saturated carbocycles. The molecule has 0 atom stereocenters. The van der Waals surface area contributed by atoms with Crippen LogP contribution in [0.25, 0.3) is 16.9 Å². The predicted octanol–water partition coefficient (Wildman–Crippen LogP) is 3.55. The van der Waals surface area contributed by atoms with Crippen molar-refractivity contribution in [2.24, 2.45) is 0 Å². The van der Waals surface area contributed by atoms with Crippen LogP contribution in [-0.4, -0.2) is 26.3 Å². The molecule has 0 aliphatic rings. The summed E-state index contributed by atoms with van der Waals surface area (Å²) >= 11 is 1.64. The summed E-state index contributed by atoms with van der Waals surface area (Å²) in [6.07, 6.45) is 3.63. The Kier molecular flexibility index (Phi) is 4.99. The van der Waals surface area contributed by atoms with Gasteiger partial charge in [0, 0.05) is 16.8 Å². The Hall–Kier alpha value is -3.32. The Bertz CT molecular complexity index is 1180. The van der Waals surface area contributed by atoms with Gasteiger partial charge in [-0.2, -0.15) is 0 Å². The Morgan fingerprint density at radius 1 is 1.04 bits per heavy atom. The number of anilines is 1. The number of para-hydroxylation sites is 1. The number of hydrogen-bond acceptors (Lipinski definition) is 4. The number of carbonyl (C=O) groups is 1. The standard InChI is InChI=1S/C21H18N4O2S/c1-28-17-11-9-15(10-12-17)23-19(26)14-24-18-8-5-13-22-20(18)25(21(24)27)16-6-3-2-4-7-16/h2-13H,14H2,1H3,(H,23,26). The zero-order valence-corrected chi connectivity index (χ0v) is 16.0. The van der Waals surface area contributed by atoms with Crippen LogP contribution < -0.4 is 11.0 Å². The molecule has 0 spiro atoms. The highest BCUT2D eigenvalue weighted by molar-refractivity contribution is 7.98. The number of nitrogens with zero attached hydrogens (tertiary/aromatic N) is 3. The third-order valence-corrected chi connectivity index (χ3v) is 5.12. The van der Waals surface area contributed by atoms with Crippen molar-refractivity contribution < 1.29 is 4.79 Å². The van der Waals surface area contributed by atoms with Gasteiger partial charge < -0.3 is 5.32 Å². The number of imidazole rings is 1. The molecule has 7 heteroatoms. The van der Waals surface area contributed by atoms with Gasteiger partial charge in [-0.1, -0.05) is 18.2 Å². The molecule has 0 aliphatic carbocycles. The smallest absolute Gasteiger partial charge is 0.325 e. The van der Waals surface area contributed by atoms with Crippen molar-refractivity contribution in [2.75, 3.05) is 11.6 Å². The van der Waals surface area contributed by atoms with Crippen LogP contribution in [0.1, 0.15) is 0 Å². The molecule has 1 amide bonds. The summed E-state index contributed by atoms with van der Waals surface area (Å²) in [5, 5.41) is 2.85. The summed E-state index contributed by atoms with van der Waals surface area (Å²) in [7, 11) is 0. The maximum absolute atomic E-state index is 13.1. The zero-order chi connectivity index (χ0) is 19.5. The lowest BCUT2D eigenvalue weighted by molar-refractivity contribution is -0.116. The SMILES string of the molecule is CSc1ccc(NC(=O)Cn2c(=O)n(-c3ccccc3)c3ncccc32)cc1. The van der Waals surface area contributed by atoms with Gasteiger partial charge >= 0.3 is 5.69 Å². The fraction of sp³-hybridized carbons (Fsp3) is 0.0952. The van der Waals surface area contributed by atoms with E-state index in [0.29, 0.717) is 22.5 Å². The maximum atomic E-state index is 13.1. The number of amides is 1. The van der Waals surface area contributed by atoms with E-state index in [1.165, 1.54) is 9.13 Å². The molecule has 0 aliphatic heterocycles. The van der Waals surface area contributed by atoms with Gasteiger partial charge in [0.15, 0.2) is 5.65 Å². The van der Waals surface area contributed by atoms with Crippen LogP contribution in [0.2, 0.25) is 0 Å². The third kappa shape index (κ3) is 3.44. The molecule has 28 heavy (non-hydrogen) atoms. The fourth-order valence-corrected chi connectivity index (χ4v) is 3.48. The van der Waals surface area contributed by atoms with Crippen molar-refractivity contribution in [3.8, 4) is 5.69 Å². The second-order valence-electron chi connectivity index (χ2n) is 6.16. The molecule has 6 nitrogen and oxygen atoms in total. The van der Waals surface area contributed by atoms with Gasteiger partial charge in [0.05, 0.1) is 11.2 Å². The average Bonchev–Trinajstić information content (AvgIpc) is 3.01. The first-order valence-electron chi connectivity index (χ1n) is 8.73. The largest absolute Gasteiger partial charge is 0.335 e. The summed E-state index contributed by atoms with van der Waals surface area (Å²) in [5.41, 5.74) is 2.25. The normalized spacial score (nSPS) is 10.9. The minimum Gasteiger partial charge on any atom is -0.325 e. The van der Waals surface area contributed by atoms with Gasteiger partial charge in [-0.25, -0.2) is 14.3 Å². The van der Waals surface area contributed by atoms with E-state index in [-0.39, 0.29) is 18.1 Å². The second kappa shape index (κ2) is 7.74. The Morgan fingerprint density at radius 3 is 2.50 bits per heavy atom. The molecule has 140 valence electrons. The highest BCUT2D eigenvalue weighted by Gasteiger charge is 2.17. The van der Waals surface area contributed by atoms with E-state index in [9.17, 15) is 9.59 Å². The number of aromatic nitrogens is 3. The molecule has 2 heterocycles. The van der Waals surface area contributed by atoms with E-state index in [1.54, 1.807) is 30.1 Å². The zero-order valence-electron chi connectivity index (χ0n) is 15.2. The van der Waals surface area contributed by atoms with E-state index >= 15 is 0 Å². The molecule has 1 N–H and O–H groups in total. The Balaban J connectivity index is 1.68. The summed E-state index contributed by atoms with van der Waals surface area (Å²) in [4.78, 5) is 31.1. The maximum Gasteiger partial charge on any atom is 0.335 e. The highest BCUT2D eigenvalue weighted by Crippen LogP contribution is 2.18. The van der Waals surface area contributed by atoms with E-state index in [2.05, 4.69) is 10.3 Å². The number of fused-ring (bicyclic) bond motifs is 1. The molecule has 0 saturated heterocycles.